The van der Waals surface area contributed by atoms with E-state index >= 15 is 13.2 Å². The summed E-state index contributed by atoms with van der Waals surface area (Å²) in [6, 6.07) is 10.3. The lowest BCUT2D eigenvalue weighted by molar-refractivity contribution is -0.116. The summed E-state index contributed by atoms with van der Waals surface area (Å²) in [7, 11) is 1.56. The second-order valence-corrected chi connectivity index (χ2v) is 9.23. The van der Waals surface area contributed by atoms with Crippen LogP contribution >= 0.6 is 0 Å². The van der Waals surface area contributed by atoms with Crippen molar-refractivity contribution in [2.75, 3.05) is 5.73 Å². The molecule has 0 spiro atoms. The van der Waals surface area contributed by atoms with E-state index in [0.717, 1.165) is 12.1 Å². The Hall–Kier alpha value is -5.70. The Morgan fingerprint density at radius 1 is 1.19 bits per heavy atom. The standard InChI is InChI=1S/C30H22F3N7O2/c1-4-22(41)37-13-17-5-7-19(26(33)25(17)32)28-23(24-27(40(28)3)18(12-34)14-38-29(24)35)16-6-8-21(20(31)11-16)42-30-36-10-9-15(2)39-30/h4-11,14H,1,13H2,2-3H3,(H2,35,38)(H,37,41). The van der Waals surface area contributed by atoms with Crippen LogP contribution in [0.4, 0.5) is 19.0 Å². The van der Waals surface area contributed by atoms with Crippen molar-refractivity contribution in [3.05, 3.63) is 95.7 Å². The third kappa shape index (κ3) is 4.88. The van der Waals surface area contributed by atoms with Gasteiger partial charge in [0.2, 0.25) is 5.91 Å². The smallest absolute Gasteiger partial charge is 0.322 e. The molecular weight excluding hydrogens is 547 g/mol. The first-order valence-corrected chi connectivity index (χ1v) is 12.5. The fraction of sp³-hybridized carbons (Fsp3) is 0.100. The topological polar surface area (TPSA) is 132 Å². The van der Waals surface area contributed by atoms with Crippen molar-refractivity contribution in [3.8, 4) is 40.2 Å². The van der Waals surface area contributed by atoms with Gasteiger partial charge in [0.1, 0.15) is 11.9 Å². The van der Waals surface area contributed by atoms with Crippen molar-refractivity contribution in [1.29, 1.82) is 5.26 Å². The summed E-state index contributed by atoms with van der Waals surface area (Å²) in [6.45, 7) is 4.79. The van der Waals surface area contributed by atoms with Gasteiger partial charge in [0.15, 0.2) is 23.2 Å². The Bertz CT molecular complexity index is 1950. The third-order valence-electron chi connectivity index (χ3n) is 6.61. The Kier molecular flexibility index (Phi) is 7.33. The van der Waals surface area contributed by atoms with Crippen molar-refractivity contribution in [3.63, 3.8) is 0 Å². The van der Waals surface area contributed by atoms with Crippen molar-refractivity contribution >= 4 is 22.6 Å². The van der Waals surface area contributed by atoms with E-state index in [0.29, 0.717) is 11.2 Å². The van der Waals surface area contributed by atoms with E-state index < -0.39 is 23.4 Å². The van der Waals surface area contributed by atoms with Crippen LogP contribution in [0.3, 0.4) is 0 Å². The van der Waals surface area contributed by atoms with Gasteiger partial charge in [-0.05, 0) is 42.8 Å². The molecule has 9 nitrogen and oxygen atoms in total. The zero-order valence-electron chi connectivity index (χ0n) is 22.4. The summed E-state index contributed by atoms with van der Waals surface area (Å²) >= 11 is 0. The number of aryl methyl sites for hydroxylation is 2. The number of anilines is 1. The maximum atomic E-state index is 15.7. The van der Waals surface area contributed by atoms with Gasteiger partial charge in [-0.1, -0.05) is 18.7 Å². The fourth-order valence-electron chi connectivity index (χ4n) is 4.66. The molecule has 0 saturated heterocycles. The Balaban J connectivity index is 1.71. The van der Waals surface area contributed by atoms with E-state index in [2.05, 4.69) is 26.8 Å². The Labute approximate surface area is 237 Å². The normalized spacial score (nSPS) is 10.9. The number of amides is 1. The average molecular weight is 570 g/mol. The number of hydrogen-bond acceptors (Lipinski definition) is 7. The van der Waals surface area contributed by atoms with E-state index in [9.17, 15) is 10.1 Å². The lowest BCUT2D eigenvalue weighted by Gasteiger charge is -2.13. The van der Waals surface area contributed by atoms with Crippen LogP contribution in [0.1, 0.15) is 16.8 Å². The molecule has 3 N–H and O–H groups in total. The van der Waals surface area contributed by atoms with E-state index in [1.165, 1.54) is 41.2 Å². The number of nitriles is 1. The third-order valence-corrected chi connectivity index (χ3v) is 6.61. The number of hydrogen-bond donors (Lipinski definition) is 2. The van der Waals surface area contributed by atoms with Gasteiger partial charge in [0, 0.05) is 48.4 Å². The average Bonchev–Trinajstić information content (AvgIpc) is 3.28. The summed E-state index contributed by atoms with van der Waals surface area (Å²) in [5.41, 5.74) is 7.58. The minimum Gasteiger partial charge on any atom is -0.421 e. The van der Waals surface area contributed by atoms with Gasteiger partial charge in [0.05, 0.1) is 22.2 Å². The Morgan fingerprint density at radius 2 is 1.98 bits per heavy atom. The van der Waals surface area contributed by atoms with Crippen LogP contribution in [0.25, 0.3) is 33.3 Å². The molecule has 5 rings (SSSR count). The summed E-state index contributed by atoms with van der Waals surface area (Å²) in [4.78, 5) is 23.7. The molecule has 0 bridgehead atoms. The van der Waals surface area contributed by atoms with Gasteiger partial charge >= 0.3 is 6.01 Å². The SMILES string of the molecule is C=CC(=O)NCc1ccc(-c2c(-c3ccc(Oc4nccc(C)n4)c(F)c3)c3c(N)ncc(C#N)c3n2C)c(F)c1F. The van der Waals surface area contributed by atoms with Crippen molar-refractivity contribution in [2.45, 2.75) is 13.5 Å². The predicted molar refractivity (Wildman–Crippen MR) is 149 cm³/mol. The summed E-state index contributed by atoms with van der Waals surface area (Å²) in [6.07, 6.45) is 3.76. The van der Waals surface area contributed by atoms with Crippen LogP contribution in [-0.2, 0) is 18.4 Å². The van der Waals surface area contributed by atoms with Crippen LogP contribution in [0.15, 0.2) is 61.4 Å². The van der Waals surface area contributed by atoms with Crippen LogP contribution in [-0.4, -0.2) is 25.4 Å². The second-order valence-electron chi connectivity index (χ2n) is 9.23. The highest BCUT2D eigenvalue weighted by molar-refractivity contribution is 6.10. The van der Waals surface area contributed by atoms with Crippen LogP contribution in [0.2, 0.25) is 0 Å². The molecule has 3 aromatic heterocycles. The fourth-order valence-corrected chi connectivity index (χ4v) is 4.66. The molecule has 0 aliphatic rings. The number of benzene rings is 2. The molecule has 210 valence electrons. The molecular formula is C30H22F3N7O2. The zero-order valence-corrected chi connectivity index (χ0v) is 22.4. The second kappa shape index (κ2) is 11.1. The van der Waals surface area contributed by atoms with Gasteiger partial charge in [-0.15, -0.1) is 0 Å². The number of nitrogen functional groups attached to an aromatic ring is 1. The number of ether oxygens (including phenoxy) is 1. The molecule has 0 unspecified atom stereocenters. The monoisotopic (exact) mass is 569 g/mol. The predicted octanol–water partition coefficient (Wildman–Crippen LogP) is 5.47. The molecule has 0 aliphatic heterocycles. The number of rotatable bonds is 7. The number of nitrogens with two attached hydrogens (primary N) is 1. The highest BCUT2D eigenvalue weighted by Gasteiger charge is 2.27. The van der Waals surface area contributed by atoms with E-state index in [4.69, 9.17) is 10.5 Å². The largest absolute Gasteiger partial charge is 0.421 e. The summed E-state index contributed by atoms with van der Waals surface area (Å²) in [5.74, 6) is -3.91. The molecule has 0 atom stereocenters. The van der Waals surface area contributed by atoms with E-state index in [1.54, 1.807) is 20.0 Å². The Morgan fingerprint density at radius 3 is 2.67 bits per heavy atom. The number of aromatic nitrogens is 4. The number of nitrogens with one attached hydrogen (secondary N) is 1. The molecule has 12 heteroatoms. The lowest BCUT2D eigenvalue weighted by Crippen LogP contribution is -2.21. The lowest BCUT2D eigenvalue weighted by atomic mass is 9.96. The molecule has 1 amide bonds. The summed E-state index contributed by atoms with van der Waals surface area (Å²) in [5, 5.41) is 12.4. The molecule has 0 radical (unpaired) electrons. The highest BCUT2D eigenvalue weighted by Crippen LogP contribution is 2.45. The van der Waals surface area contributed by atoms with Crippen molar-refractivity contribution < 1.29 is 22.7 Å². The first kappa shape index (κ1) is 27.9. The number of nitrogens with zero attached hydrogens (tertiary/aromatic N) is 5. The van der Waals surface area contributed by atoms with Crippen LogP contribution < -0.4 is 15.8 Å². The number of pyridine rings is 1. The molecule has 42 heavy (non-hydrogen) atoms. The number of fused-ring (bicyclic) bond motifs is 1. The van der Waals surface area contributed by atoms with Crippen molar-refractivity contribution in [2.24, 2.45) is 7.05 Å². The molecule has 5 aromatic rings. The quantitative estimate of drug-likeness (QED) is 0.248. The minimum absolute atomic E-state index is 0.000571. The van der Waals surface area contributed by atoms with E-state index in [-0.39, 0.29) is 63.0 Å². The van der Waals surface area contributed by atoms with E-state index in [1.807, 2.05) is 6.07 Å². The highest BCUT2D eigenvalue weighted by atomic mass is 19.2. The molecule has 0 aliphatic carbocycles. The maximum Gasteiger partial charge on any atom is 0.322 e. The molecule has 2 aromatic carbocycles. The van der Waals surface area contributed by atoms with Gasteiger partial charge in [0.25, 0.3) is 0 Å². The van der Waals surface area contributed by atoms with Gasteiger partial charge < -0.3 is 20.4 Å². The van der Waals surface area contributed by atoms with Gasteiger partial charge in [-0.3, -0.25) is 4.79 Å². The minimum atomic E-state index is -1.21. The maximum absolute atomic E-state index is 15.7. The first-order chi connectivity index (χ1) is 20.1. The molecule has 3 heterocycles. The zero-order chi connectivity index (χ0) is 30.1. The van der Waals surface area contributed by atoms with Crippen LogP contribution in [0, 0.1) is 35.7 Å². The van der Waals surface area contributed by atoms with Crippen LogP contribution in [0.5, 0.6) is 11.8 Å². The first-order valence-electron chi connectivity index (χ1n) is 12.5. The molecule has 0 saturated carbocycles. The number of halogens is 3. The number of carbonyl (C=O) groups excluding carboxylic acids is 1. The summed E-state index contributed by atoms with van der Waals surface area (Å²) < 4.78 is 53.4. The molecule has 0 fully saturated rings. The van der Waals surface area contributed by atoms with Gasteiger partial charge in [-0.2, -0.15) is 5.26 Å². The van der Waals surface area contributed by atoms with Crippen molar-refractivity contribution in [1.82, 2.24) is 24.8 Å². The number of carbonyl (C=O) groups is 1. The van der Waals surface area contributed by atoms with Gasteiger partial charge in [-0.25, -0.2) is 28.1 Å².